The number of aliphatic hydroxyl groups is 1. The van der Waals surface area contributed by atoms with E-state index in [1.807, 2.05) is 13.8 Å². The zero-order chi connectivity index (χ0) is 17.0. The fraction of sp³-hybridized carbons (Fsp3) is 0.467. The van der Waals surface area contributed by atoms with Crippen LogP contribution in [0, 0.1) is 5.92 Å². The standard InChI is InChI=1S/C15H18F3N3O2/c1-10(2)3-4-11-5-13(21-8-12(9-22)19-20-21)7-14(6-11)23-15(16,17)18/h5-8,10,22H,3-4,9H2,1-2H3. The van der Waals surface area contributed by atoms with E-state index in [0.717, 1.165) is 12.0 Å². The number of hydrogen-bond donors (Lipinski definition) is 1. The van der Waals surface area contributed by atoms with E-state index in [0.29, 0.717) is 23.7 Å². The average molecular weight is 329 g/mol. The van der Waals surface area contributed by atoms with Gasteiger partial charge in [-0.15, -0.1) is 18.3 Å². The van der Waals surface area contributed by atoms with Crippen LogP contribution in [-0.4, -0.2) is 26.5 Å². The number of aryl methyl sites for hydroxylation is 1. The lowest BCUT2D eigenvalue weighted by atomic mass is 10.0. The number of halogens is 3. The minimum absolute atomic E-state index is 0.293. The molecule has 0 amide bonds. The number of hydrogen-bond acceptors (Lipinski definition) is 4. The molecule has 0 bridgehead atoms. The van der Waals surface area contributed by atoms with Gasteiger partial charge in [0.05, 0.1) is 18.5 Å². The normalized spacial score (nSPS) is 12.0. The maximum atomic E-state index is 12.5. The van der Waals surface area contributed by atoms with Gasteiger partial charge in [0.15, 0.2) is 0 Å². The second-order valence-corrected chi connectivity index (χ2v) is 5.63. The molecule has 0 aliphatic rings. The van der Waals surface area contributed by atoms with Crippen LogP contribution in [-0.2, 0) is 13.0 Å². The van der Waals surface area contributed by atoms with Crippen LogP contribution in [0.1, 0.15) is 31.5 Å². The molecule has 0 saturated carbocycles. The number of aromatic nitrogens is 3. The summed E-state index contributed by atoms with van der Waals surface area (Å²) in [7, 11) is 0. The summed E-state index contributed by atoms with van der Waals surface area (Å²) >= 11 is 0. The Morgan fingerprint density at radius 3 is 2.57 bits per heavy atom. The van der Waals surface area contributed by atoms with Crippen molar-refractivity contribution in [1.29, 1.82) is 0 Å². The number of ether oxygens (including phenoxy) is 1. The highest BCUT2D eigenvalue weighted by Gasteiger charge is 2.31. The van der Waals surface area contributed by atoms with Gasteiger partial charge in [-0.1, -0.05) is 19.1 Å². The third-order valence-corrected chi connectivity index (χ3v) is 3.16. The zero-order valence-corrected chi connectivity index (χ0v) is 12.8. The maximum Gasteiger partial charge on any atom is 0.573 e. The molecule has 0 saturated heterocycles. The summed E-state index contributed by atoms with van der Waals surface area (Å²) in [6, 6.07) is 4.35. The predicted octanol–water partition coefficient (Wildman–Crippen LogP) is 3.25. The Hall–Kier alpha value is -2.09. The van der Waals surface area contributed by atoms with Gasteiger partial charge in [-0.3, -0.25) is 0 Å². The maximum absolute atomic E-state index is 12.5. The Balaban J connectivity index is 2.35. The van der Waals surface area contributed by atoms with Crippen molar-refractivity contribution in [2.24, 2.45) is 5.92 Å². The van der Waals surface area contributed by atoms with E-state index in [9.17, 15) is 13.2 Å². The SMILES string of the molecule is CC(C)CCc1cc(OC(F)(F)F)cc(-n2cc(CO)nn2)c1. The highest BCUT2D eigenvalue weighted by Crippen LogP contribution is 2.27. The number of nitrogens with zero attached hydrogens (tertiary/aromatic N) is 3. The molecule has 2 rings (SSSR count). The lowest BCUT2D eigenvalue weighted by Gasteiger charge is -2.13. The molecule has 0 atom stereocenters. The van der Waals surface area contributed by atoms with Crippen molar-refractivity contribution in [3.05, 3.63) is 35.7 Å². The Kier molecular flexibility index (Phi) is 5.25. The fourth-order valence-electron chi connectivity index (χ4n) is 2.06. The Labute approximate surface area is 131 Å². The quantitative estimate of drug-likeness (QED) is 0.884. The molecule has 0 fully saturated rings. The minimum Gasteiger partial charge on any atom is -0.406 e. The number of rotatable bonds is 6. The second-order valence-electron chi connectivity index (χ2n) is 5.63. The molecular formula is C15H18F3N3O2. The third-order valence-electron chi connectivity index (χ3n) is 3.16. The first-order chi connectivity index (χ1) is 10.8. The largest absolute Gasteiger partial charge is 0.573 e. The van der Waals surface area contributed by atoms with Gasteiger partial charge in [-0.2, -0.15) is 0 Å². The molecule has 1 aromatic heterocycles. The Morgan fingerprint density at radius 1 is 1.26 bits per heavy atom. The molecule has 2 aromatic rings. The summed E-state index contributed by atoms with van der Waals surface area (Å²) in [4.78, 5) is 0. The summed E-state index contributed by atoms with van der Waals surface area (Å²) in [6.45, 7) is 3.79. The monoisotopic (exact) mass is 329 g/mol. The molecule has 0 unspecified atom stereocenters. The topological polar surface area (TPSA) is 60.2 Å². The molecular weight excluding hydrogens is 311 g/mol. The lowest BCUT2D eigenvalue weighted by Crippen LogP contribution is -2.17. The van der Waals surface area contributed by atoms with E-state index in [1.165, 1.54) is 23.0 Å². The highest BCUT2D eigenvalue weighted by molar-refractivity contribution is 5.43. The smallest absolute Gasteiger partial charge is 0.406 e. The van der Waals surface area contributed by atoms with Crippen LogP contribution in [0.15, 0.2) is 24.4 Å². The molecule has 0 aliphatic carbocycles. The van der Waals surface area contributed by atoms with Crippen LogP contribution >= 0.6 is 0 Å². The van der Waals surface area contributed by atoms with Crippen molar-refractivity contribution in [2.75, 3.05) is 0 Å². The first-order valence-corrected chi connectivity index (χ1v) is 7.19. The summed E-state index contributed by atoms with van der Waals surface area (Å²) in [6.07, 6.45) is -1.83. The molecule has 0 radical (unpaired) electrons. The Morgan fingerprint density at radius 2 is 2.00 bits per heavy atom. The summed E-state index contributed by atoms with van der Waals surface area (Å²) in [5, 5.41) is 16.5. The van der Waals surface area contributed by atoms with Gasteiger partial charge in [0.2, 0.25) is 0 Å². The van der Waals surface area contributed by atoms with Crippen molar-refractivity contribution >= 4 is 0 Å². The van der Waals surface area contributed by atoms with E-state index >= 15 is 0 Å². The molecule has 0 aliphatic heterocycles. The van der Waals surface area contributed by atoms with E-state index < -0.39 is 6.36 Å². The van der Waals surface area contributed by atoms with Crippen molar-refractivity contribution in [3.8, 4) is 11.4 Å². The van der Waals surface area contributed by atoms with Crippen molar-refractivity contribution in [3.63, 3.8) is 0 Å². The molecule has 8 heteroatoms. The van der Waals surface area contributed by atoms with E-state index in [4.69, 9.17) is 5.11 Å². The van der Waals surface area contributed by atoms with Gasteiger partial charge < -0.3 is 9.84 Å². The van der Waals surface area contributed by atoms with Gasteiger partial charge in [0.25, 0.3) is 0 Å². The van der Waals surface area contributed by atoms with Gasteiger partial charge in [-0.25, -0.2) is 4.68 Å². The molecule has 1 heterocycles. The molecule has 1 N–H and O–H groups in total. The zero-order valence-electron chi connectivity index (χ0n) is 12.8. The van der Waals surface area contributed by atoms with Crippen molar-refractivity contribution < 1.29 is 23.0 Å². The fourth-order valence-corrected chi connectivity index (χ4v) is 2.06. The van der Waals surface area contributed by atoms with Crippen LogP contribution in [0.3, 0.4) is 0 Å². The predicted molar refractivity (Wildman–Crippen MR) is 77.1 cm³/mol. The van der Waals surface area contributed by atoms with Gasteiger partial charge >= 0.3 is 6.36 Å². The van der Waals surface area contributed by atoms with Gasteiger partial charge in [-0.05, 0) is 36.5 Å². The molecule has 126 valence electrons. The van der Waals surface area contributed by atoms with Crippen LogP contribution in [0.5, 0.6) is 5.75 Å². The van der Waals surface area contributed by atoms with Crippen LogP contribution in [0.2, 0.25) is 0 Å². The van der Waals surface area contributed by atoms with Gasteiger partial charge in [0, 0.05) is 6.07 Å². The van der Waals surface area contributed by atoms with Crippen LogP contribution < -0.4 is 4.74 Å². The van der Waals surface area contributed by atoms with Crippen molar-refractivity contribution in [2.45, 2.75) is 39.7 Å². The van der Waals surface area contributed by atoms with E-state index in [1.54, 1.807) is 6.07 Å². The first-order valence-electron chi connectivity index (χ1n) is 7.19. The molecule has 0 spiro atoms. The van der Waals surface area contributed by atoms with Crippen LogP contribution in [0.25, 0.3) is 5.69 Å². The summed E-state index contributed by atoms with van der Waals surface area (Å²) < 4.78 is 42.8. The number of alkyl halides is 3. The lowest BCUT2D eigenvalue weighted by molar-refractivity contribution is -0.274. The molecule has 23 heavy (non-hydrogen) atoms. The summed E-state index contributed by atoms with van der Waals surface area (Å²) in [5.74, 6) is 0.132. The van der Waals surface area contributed by atoms with E-state index in [2.05, 4.69) is 15.0 Å². The van der Waals surface area contributed by atoms with Crippen LogP contribution in [0.4, 0.5) is 13.2 Å². The van der Waals surface area contributed by atoms with Crippen molar-refractivity contribution in [1.82, 2.24) is 15.0 Å². The second kappa shape index (κ2) is 6.99. The highest BCUT2D eigenvalue weighted by atomic mass is 19.4. The number of aliphatic hydroxyl groups excluding tert-OH is 1. The minimum atomic E-state index is -4.76. The molecule has 1 aromatic carbocycles. The van der Waals surface area contributed by atoms with E-state index in [-0.39, 0.29) is 12.4 Å². The summed E-state index contributed by atoms with van der Waals surface area (Å²) in [5.41, 5.74) is 1.45. The third kappa shape index (κ3) is 5.24. The molecule has 5 nitrogen and oxygen atoms in total. The average Bonchev–Trinajstić information content (AvgIpc) is 2.92. The Bertz CT molecular complexity index is 654. The number of benzene rings is 1. The van der Waals surface area contributed by atoms with Gasteiger partial charge in [0.1, 0.15) is 11.4 Å². The first kappa shape index (κ1) is 17.3.